The Bertz CT molecular complexity index is 1240. The monoisotopic (exact) mass is 419 g/mol. The van der Waals surface area contributed by atoms with Gasteiger partial charge in [0, 0.05) is 22.2 Å². The van der Waals surface area contributed by atoms with Crippen molar-refractivity contribution in [3.05, 3.63) is 40.7 Å². The summed E-state index contributed by atoms with van der Waals surface area (Å²) in [4.78, 5) is 9.73. The smallest absolute Gasteiger partial charge is 0.158 e. The lowest BCUT2D eigenvalue weighted by Gasteiger charge is -2.48. The molecule has 1 aliphatic carbocycles. The summed E-state index contributed by atoms with van der Waals surface area (Å²) in [5.74, 6) is 1.16. The number of thiophene rings is 1. The maximum Gasteiger partial charge on any atom is 0.158 e. The number of pyridine rings is 1. The van der Waals surface area contributed by atoms with Gasteiger partial charge in [0.25, 0.3) is 0 Å². The number of nitrogens with one attached hydrogen (secondary N) is 2. The fraction of sp³-hybridized carbons (Fsp3) is 0.500. The summed E-state index contributed by atoms with van der Waals surface area (Å²) in [7, 11) is 0. The summed E-state index contributed by atoms with van der Waals surface area (Å²) in [5.41, 5.74) is 7.68. The molecule has 5 heterocycles. The first-order valence-corrected chi connectivity index (χ1v) is 12.1. The van der Waals surface area contributed by atoms with Gasteiger partial charge in [0.15, 0.2) is 5.65 Å². The predicted octanol–water partition coefficient (Wildman–Crippen LogP) is 5.76. The molecule has 0 amide bonds. The zero-order chi connectivity index (χ0) is 20.5. The second-order valence-corrected chi connectivity index (χ2v) is 10.7. The van der Waals surface area contributed by atoms with Crippen LogP contribution in [0.25, 0.3) is 27.1 Å². The molecule has 1 spiro atoms. The number of hydrogen-bond donors (Lipinski definition) is 2. The van der Waals surface area contributed by atoms with Crippen molar-refractivity contribution in [3.8, 4) is 11.3 Å². The number of fused-ring (bicyclic) bond motifs is 2. The van der Waals surface area contributed by atoms with E-state index in [4.69, 9.17) is 0 Å². The van der Waals surface area contributed by atoms with Crippen molar-refractivity contribution < 1.29 is 0 Å². The van der Waals surface area contributed by atoms with E-state index in [1.165, 1.54) is 59.1 Å². The Hall–Kier alpha value is -2.18. The Balaban J connectivity index is 1.43. The van der Waals surface area contributed by atoms with Crippen molar-refractivity contribution in [2.24, 2.45) is 0 Å². The Morgan fingerprint density at radius 1 is 1.27 bits per heavy atom. The van der Waals surface area contributed by atoms with E-state index in [1.54, 1.807) is 11.2 Å². The van der Waals surface area contributed by atoms with E-state index in [2.05, 4.69) is 59.5 Å². The number of nitrogens with zero attached hydrogens (tertiary/aromatic N) is 3. The van der Waals surface area contributed by atoms with E-state index in [-0.39, 0.29) is 0 Å². The summed E-state index contributed by atoms with van der Waals surface area (Å²) >= 11 is 2.03. The van der Waals surface area contributed by atoms with Gasteiger partial charge in [-0.05, 0) is 80.7 Å². The molecule has 4 aromatic heterocycles. The molecule has 4 aromatic rings. The van der Waals surface area contributed by atoms with Crippen molar-refractivity contribution in [2.75, 3.05) is 6.54 Å². The molecule has 6 heteroatoms. The molecule has 1 saturated carbocycles. The second kappa shape index (κ2) is 6.66. The fourth-order valence-corrected chi connectivity index (χ4v) is 7.06. The molecule has 0 aromatic carbocycles. The second-order valence-electron chi connectivity index (χ2n) is 9.65. The van der Waals surface area contributed by atoms with Gasteiger partial charge >= 0.3 is 0 Å². The number of rotatable bonds is 3. The minimum Gasteiger partial charge on any atom is -0.354 e. The molecule has 1 unspecified atom stereocenters. The summed E-state index contributed by atoms with van der Waals surface area (Å²) in [6, 6.07) is 4.68. The van der Waals surface area contributed by atoms with E-state index in [9.17, 15) is 0 Å². The van der Waals surface area contributed by atoms with Gasteiger partial charge in [0.2, 0.25) is 0 Å². The quantitative estimate of drug-likeness (QED) is 0.444. The third kappa shape index (κ3) is 2.77. The highest BCUT2D eigenvalue weighted by Gasteiger charge is 2.41. The number of aromatic amines is 1. The Labute approximate surface area is 180 Å². The maximum absolute atomic E-state index is 4.37. The van der Waals surface area contributed by atoms with E-state index in [0.29, 0.717) is 17.4 Å². The highest BCUT2D eigenvalue weighted by atomic mass is 32.1. The molecular weight excluding hydrogens is 390 g/mol. The summed E-state index contributed by atoms with van der Waals surface area (Å²) < 4.78 is 3.33. The summed E-state index contributed by atoms with van der Waals surface area (Å²) in [5, 5.41) is 8.19. The average molecular weight is 420 g/mol. The average Bonchev–Trinajstić information content (AvgIpc) is 3.40. The molecule has 1 saturated heterocycles. The molecule has 6 rings (SSSR count). The van der Waals surface area contributed by atoms with Gasteiger partial charge in [-0.1, -0.05) is 13.8 Å². The standard InChI is InChI=1S/C24H29N5S/c1-14(2)20-21(17-9-15(3)23-25-13-27-29(23)12-17)28-18-10-19(30-22(18)20)16-5-8-26-24(11-16)6-4-7-24/h9-10,12-14,16,26,28H,4-8,11H2,1-3H3. The zero-order valence-electron chi connectivity index (χ0n) is 18.0. The number of aromatic nitrogens is 4. The summed E-state index contributed by atoms with van der Waals surface area (Å²) in [6.45, 7) is 7.88. The van der Waals surface area contributed by atoms with Crippen LogP contribution < -0.4 is 5.32 Å². The van der Waals surface area contributed by atoms with Crippen molar-refractivity contribution in [3.63, 3.8) is 0 Å². The molecule has 5 nitrogen and oxygen atoms in total. The van der Waals surface area contributed by atoms with Crippen LogP contribution in [-0.4, -0.2) is 31.7 Å². The van der Waals surface area contributed by atoms with Gasteiger partial charge in [-0.3, -0.25) is 0 Å². The lowest BCUT2D eigenvalue weighted by molar-refractivity contribution is 0.130. The van der Waals surface area contributed by atoms with Crippen LogP contribution in [0.3, 0.4) is 0 Å². The first kappa shape index (κ1) is 18.6. The first-order valence-electron chi connectivity index (χ1n) is 11.2. The van der Waals surface area contributed by atoms with E-state index < -0.39 is 0 Å². The normalized spacial score (nSPS) is 21.1. The third-order valence-electron chi connectivity index (χ3n) is 7.29. The van der Waals surface area contributed by atoms with Crippen molar-refractivity contribution in [1.82, 2.24) is 24.9 Å². The van der Waals surface area contributed by atoms with E-state index in [1.807, 2.05) is 15.9 Å². The van der Waals surface area contributed by atoms with Gasteiger partial charge < -0.3 is 10.3 Å². The van der Waals surface area contributed by atoms with Gasteiger partial charge in [-0.25, -0.2) is 9.50 Å². The van der Waals surface area contributed by atoms with Crippen LogP contribution in [0.4, 0.5) is 0 Å². The Kier molecular flexibility index (Phi) is 4.12. The molecule has 0 bridgehead atoms. The van der Waals surface area contributed by atoms with Crippen LogP contribution in [0.5, 0.6) is 0 Å². The number of H-pyrrole nitrogens is 1. The molecule has 2 aliphatic rings. The minimum atomic E-state index is 0.442. The highest BCUT2D eigenvalue weighted by Crippen LogP contribution is 2.47. The Morgan fingerprint density at radius 2 is 2.13 bits per heavy atom. The number of piperidine rings is 1. The molecule has 156 valence electrons. The van der Waals surface area contributed by atoms with Crippen molar-refractivity contribution in [2.45, 2.75) is 70.3 Å². The molecule has 2 N–H and O–H groups in total. The third-order valence-corrected chi connectivity index (χ3v) is 8.62. The molecular formula is C24H29N5S. The predicted molar refractivity (Wildman–Crippen MR) is 124 cm³/mol. The van der Waals surface area contributed by atoms with Crippen LogP contribution in [0, 0.1) is 6.92 Å². The fourth-order valence-electron chi connectivity index (χ4n) is 5.61. The molecule has 30 heavy (non-hydrogen) atoms. The van der Waals surface area contributed by atoms with Crippen molar-refractivity contribution >= 4 is 27.2 Å². The Morgan fingerprint density at radius 3 is 2.90 bits per heavy atom. The number of hydrogen-bond acceptors (Lipinski definition) is 4. The maximum atomic E-state index is 4.37. The van der Waals surface area contributed by atoms with Crippen molar-refractivity contribution in [1.29, 1.82) is 0 Å². The topological polar surface area (TPSA) is 58.0 Å². The van der Waals surface area contributed by atoms with Gasteiger partial charge in [0.1, 0.15) is 6.33 Å². The summed E-state index contributed by atoms with van der Waals surface area (Å²) in [6.07, 6.45) is 10.4. The lowest BCUT2D eigenvalue weighted by Crippen LogP contribution is -2.55. The molecule has 1 atom stereocenters. The SMILES string of the molecule is Cc1cc(-c2[nH]c3cc(C4CCNC5(CCC5)C4)sc3c2C(C)C)cn2ncnc12. The molecule has 0 radical (unpaired) electrons. The molecule has 2 fully saturated rings. The van der Waals surface area contributed by atoms with Crippen LogP contribution in [-0.2, 0) is 0 Å². The minimum absolute atomic E-state index is 0.442. The van der Waals surface area contributed by atoms with Crippen LogP contribution in [0.2, 0.25) is 0 Å². The first-order chi connectivity index (χ1) is 14.5. The van der Waals surface area contributed by atoms with Crippen LogP contribution >= 0.6 is 11.3 Å². The van der Waals surface area contributed by atoms with Crippen LogP contribution in [0.15, 0.2) is 24.7 Å². The van der Waals surface area contributed by atoms with Gasteiger partial charge in [0.05, 0.1) is 15.9 Å². The highest BCUT2D eigenvalue weighted by molar-refractivity contribution is 7.19. The lowest BCUT2D eigenvalue weighted by atomic mass is 9.68. The van der Waals surface area contributed by atoms with E-state index >= 15 is 0 Å². The van der Waals surface area contributed by atoms with Crippen LogP contribution in [0.1, 0.15) is 73.8 Å². The number of aryl methyl sites for hydroxylation is 1. The largest absolute Gasteiger partial charge is 0.354 e. The zero-order valence-corrected chi connectivity index (χ0v) is 18.8. The van der Waals surface area contributed by atoms with E-state index in [0.717, 1.165) is 17.8 Å². The van der Waals surface area contributed by atoms with Gasteiger partial charge in [-0.15, -0.1) is 11.3 Å². The molecule has 1 aliphatic heterocycles. The van der Waals surface area contributed by atoms with Gasteiger partial charge in [-0.2, -0.15) is 5.10 Å².